The fourth-order valence-corrected chi connectivity index (χ4v) is 2.35. The molecule has 2 aromatic rings. The van der Waals surface area contributed by atoms with Gasteiger partial charge in [-0.15, -0.1) is 0 Å². The molecule has 134 valence electrons. The van der Waals surface area contributed by atoms with E-state index in [1.54, 1.807) is 33.3 Å². The Labute approximate surface area is 150 Å². The van der Waals surface area contributed by atoms with Crippen molar-refractivity contribution in [1.29, 1.82) is 0 Å². The van der Waals surface area contributed by atoms with Crippen molar-refractivity contribution in [3.8, 4) is 17.2 Å². The van der Waals surface area contributed by atoms with Crippen LogP contribution in [0.15, 0.2) is 36.4 Å². The van der Waals surface area contributed by atoms with Crippen molar-refractivity contribution in [2.45, 2.75) is 19.6 Å². The Hall–Kier alpha value is -2.47. The number of hydrogen-bond acceptors (Lipinski definition) is 4. The Balaban J connectivity index is 1.95. The van der Waals surface area contributed by atoms with E-state index in [0.717, 1.165) is 11.6 Å². The van der Waals surface area contributed by atoms with Gasteiger partial charge in [-0.05, 0) is 42.8 Å². The Kier molecular flexibility index (Phi) is 6.47. The number of ether oxygens (including phenoxy) is 3. The molecular formula is C18H19ClFNO4. The minimum Gasteiger partial charge on any atom is -0.493 e. The number of methoxy groups -OCH3 is 2. The van der Waals surface area contributed by atoms with Crippen LogP contribution in [0.25, 0.3) is 0 Å². The first-order valence-corrected chi connectivity index (χ1v) is 7.92. The summed E-state index contributed by atoms with van der Waals surface area (Å²) in [6, 6.07) is 9.10. The van der Waals surface area contributed by atoms with Gasteiger partial charge in [0.1, 0.15) is 11.6 Å². The molecule has 0 radical (unpaired) electrons. The second-order valence-electron chi connectivity index (χ2n) is 5.24. The van der Waals surface area contributed by atoms with Gasteiger partial charge in [-0.1, -0.05) is 17.7 Å². The number of carbonyl (C=O) groups is 1. The van der Waals surface area contributed by atoms with Crippen LogP contribution in [0.1, 0.15) is 12.5 Å². The number of benzene rings is 2. The van der Waals surface area contributed by atoms with Crippen molar-refractivity contribution in [1.82, 2.24) is 5.32 Å². The van der Waals surface area contributed by atoms with Crippen LogP contribution in [-0.2, 0) is 11.3 Å². The third kappa shape index (κ3) is 5.00. The lowest BCUT2D eigenvalue weighted by Gasteiger charge is -2.16. The predicted octanol–water partition coefficient (Wildman–Crippen LogP) is 3.58. The Morgan fingerprint density at radius 1 is 1.12 bits per heavy atom. The third-order valence-corrected chi connectivity index (χ3v) is 3.78. The molecule has 1 atom stereocenters. The maximum Gasteiger partial charge on any atom is 0.261 e. The highest BCUT2D eigenvalue weighted by molar-refractivity contribution is 6.32. The monoisotopic (exact) mass is 367 g/mol. The van der Waals surface area contributed by atoms with Crippen molar-refractivity contribution in [3.05, 3.63) is 52.8 Å². The fraction of sp³-hybridized carbons (Fsp3) is 0.278. The average molecular weight is 368 g/mol. The first-order valence-electron chi connectivity index (χ1n) is 7.55. The van der Waals surface area contributed by atoms with Crippen molar-refractivity contribution >= 4 is 17.5 Å². The molecule has 0 unspecified atom stereocenters. The van der Waals surface area contributed by atoms with Gasteiger partial charge < -0.3 is 19.5 Å². The lowest BCUT2D eigenvalue weighted by Crippen LogP contribution is -2.35. The van der Waals surface area contributed by atoms with Crippen LogP contribution in [0.3, 0.4) is 0 Å². The summed E-state index contributed by atoms with van der Waals surface area (Å²) in [5.74, 6) is 0.645. The summed E-state index contributed by atoms with van der Waals surface area (Å²) in [7, 11) is 3.10. The standard InChI is InChI=1S/C18H19ClFNO4/c1-11(25-15-7-5-13(20)9-14(15)19)18(22)21-10-12-4-6-16(23-2)17(8-12)24-3/h4-9,11H,10H2,1-3H3,(H,21,22)/t11-/m1/s1. The van der Waals surface area contributed by atoms with E-state index in [1.807, 2.05) is 6.07 Å². The van der Waals surface area contributed by atoms with Crippen molar-refractivity contribution in [2.24, 2.45) is 0 Å². The normalized spacial score (nSPS) is 11.6. The number of amides is 1. The zero-order valence-electron chi connectivity index (χ0n) is 14.1. The van der Waals surface area contributed by atoms with Crippen molar-refractivity contribution < 1.29 is 23.4 Å². The average Bonchev–Trinajstić information content (AvgIpc) is 2.61. The molecule has 0 fully saturated rings. The highest BCUT2D eigenvalue weighted by Gasteiger charge is 2.16. The van der Waals surface area contributed by atoms with Gasteiger partial charge in [-0.3, -0.25) is 4.79 Å². The molecule has 1 amide bonds. The topological polar surface area (TPSA) is 56.8 Å². The van der Waals surface area contributed by atoms with Gasteiger partial charge in [0.15, 0.2) is 17.6 Å². The molecular weight excluding hydrogens is 349 g/mol. The Morgan fingerprint density at radius 2 is 1.80 bits per heavy atom. The Morgan fingerprint density at radius 3 is 2.44 bits per heavy atom. The second-order valence-corrected chi connectivity index (χ2v) is 5.65. The maximum absolute atomic E-state index is 13.0. The second kappa shape index (κ2) is 8.58. The van der Waals surface area contributed by atoms with Gasteiger partial charge in [-0.25, -0.2) is 4.39 Å². The van der Waals surface area contributed by atoms with E-state index in [1.165, 1.54) is 12.1 Å². The molecule has 0 aliphatic heterocycles. The molecule has 2 rings (SSSR count). The van der Waals surface area contributed by atoms with Crippen LogP contribution >= 0.6 is 11.6 Å². The molecule has 0 bridgehead atoms. The number of carbonyl (C=O) groups excluding carboxylic acids is 1. The first kappa shape index (κ1) is 18.9. The molecule has 0 heterocycles. The van der Waals surface area contributed by atoms with Gasteiger partial charge in [0.05, 0.1) is 19.2 Å². The molecule has 0 saturated carbocycles. The smallest absolute Gasteiger partial charge is 0.261 e. The largest absolute Gasteiger partial charge is 0.493 e. The van der Waals surface area contributed by atoms with E-state index in [4.69, 9.17) is 25.8 Å². The van der Waals surface area contributed by atoms with Crippen molar-refractivity contribution in [2.75, 3.05) is 14.2 Å². The van der Waals surface area contributed by atoms with E-state index in [-0.39, 0.29) is 16.7 Å². The van der Waals surface area contributed by atoms with Crippen LogP contribution < -0.4 is 19.5 Å². The number of halogens is 2. The fourth-order valence-electron chi connectivity index (χ4n) is 2.14. The molecule has 7 heteroatoms. The quantitative estimate of drug-likeness (QED) is 0.812. The minimum absolute atomic E-state index is 0.111. The van der Waals surface area contributed by atoms with Gasteiger partial charge >= 0.3 is 0 Å². The SMILES string of the molecule is COc1ccc(CNC(=O)[C@@H](C)Oc2ccc(F)cc2Cl)cc1OC. The summed E-state index contributed by atoms with van der Waals surface area (Å²) in [6.07, 6.45) is -0.789. The summed E-state index contributed by atoms with van der Waals surface area (Å²) in [4.78, 5) is 12.2. The number of hydrogen-bond donors (Lipinski definition) is 1. The van der Waals surface area contributed by atoms with Crippen LogP contribution in [0.5, 0.6) is 17.2 Å². The lowest BCUT2D eigenvalue weighted by atomic mass is 10.2. The highest BCUT2D eigenvalue weighted by atomic mass is 35.5. The molecule has 5 nitrogen and oxygen atoms in total. The van der Waals surface area contributed by atoms with E-state index in [0.29, 0.717) is 18.0 Å². The zero-order chi connectivity index (χ0) is 18.4. The summed E-state index contributed by atoms with van der Waals surface area (Å²) >= 11 is 5.89. The van der Waals surface area contributed by atoms with E-state index >= 15 is 0 Å². The van der Waals surface area contributed by atoms with Crippen LogP contribution in [-0.4, -0.2) is 26.2 Å². The first-order chi connectivity index (χ1) is 11.9. The van der Waals surface area contributed by atoms with Gasteiger partial charge in [0.2, 0.25) is 0 Å². The van der Waals surface area contributed by atoms with Crippen LogP contribution in [0, 0.1) is 5.82 Å². The molecule has 25 heavy (non-hydrogen) atoms. The zero-order valence-corrected chi connectivity index (χ0v) is 14.9. The van der Waals surface area contributed by atoms with Crippen LogP contribution in [0.2, 0.25) is 5.02 Å². The molecule has 0 aliphatic carbocycles. The Bertz CT molecular complexity index is 754. The van der Waals surface area contributed by atoms with Crippen LogP contribution in [0.4, 0.5) is 4.39 Å². The number of rotatable bonds is 7. The van der Waals surface area contributed by atoms with E-state index in [9.17, 15) is 9.18 Å². The summed E-state index contributed by atoms with van der Waals surface area (Å²) in [5, 5.41) is 2.87. The minimum atomic E-state index is -0.789. The van der Waals surface area contributed by atoms with Gasteiger partial charge in [0.25, 0.3) is 5.91 Å². The number of nitrogens with one attached hydrogen (secondary N) is 1. The molecule has 2 aromatic carbocycles. The third-order valence-electron chi connectivity index (χ3n) is 3.48. The lowest BCUT2D eigenvalue weighted by molar-refractivity contribution is -0.127. The maximum atomic E-state index is 13.0. The predicted molar refractivity (Wildman–Crippen MR) is 92.9 cm³/mol. The van der Waals surface area contributed by atoms with E-state index < -0.39 is 11.9 Å². The van der Waals surface area contributed by atoms with Gasteiger partial charge in [-0.2, -0.15) is 0 Å². The summed E-state index contributed by atoms with van der Waals surface area (Å²) < 4.78 is 28.9. The van der Waals surface area contributed by atoms with E-state index in [2.05, 4.69) is 5.32 Å². The highest BCUT2D eigenvalue weighted by Crippen LogP contribution is 2.28. The molecule has 0 aromatic heterocycles. The van der Waals surface area contributed by atoms with Crippen molar-refractivity contribution in [3.63, 3.8) is 0 Å². The molecule has 0 saturated heterocycles. The molecule has 0 aliphatic rings. The molecule has 0 spiro atoms. The molecule has 1 N–H and O–H groups in total. The van der Waals surface area contributed by atoms with Gasteiger partial charge in [0, 0.05) is 6.54 Å². The summed E-state index contributed by atoms with van der Waals surface area (Å²) in [5.41, 5.74) is 0.845. The summed E-state index contributed by atoms with van der Waals surface area (Å²) in [6.45, 7) is 1.88.